The summed E-state index contributed by atoms with van der Waals surface area (Å²) in [5.74, 6) is -1.70. The summed E-state index contributed by atoms with van der Waals surface area (Å²) in [6.07, 6.45) is -8.22. The van der Waals surface area contributed by atoms with Gasteiger partial charge in [-0.2, -0.15) is 22.0 Å². The molecule has 0 bridgehead atoms. The summed E-state index contributed by atoms with van der Waals surface area (Å²) in [4.78, 5) is 30.1. The number of ether oxygens (including phenoxy) is 1. The summed E-state index contributed by atoms with van der Waals surface area (Å²) >= 11 is 0. The van der Waals surface area contributed by atoms with E-state index in [1.54, 1.807) is 13.8 Å². The van der Waals surface area contributed by atoms with Crippen molar-refractivity contribution in [1.29, 1.82) is 0 Å². The molecule has 1 saturated carbocycles. The Kier molecular flexibility index (Phi) is 6.16. The van der Waals surface area contributed by atoms with Crippen LogP contribution in [0, 0.1) is 5.92 Å². The molecule has 1 fully saturated rings. The SMILES string of the molecule is CC1=CC(C(N)=O)N(C(C)c2ccc(OC(F)(F)C(F)(F)F)cc2)C(NC(=O)C2CC2)=N1. The van der Waals surface area contributed by atoms with Crippen molar-refractivity contribution in [3.05, 3.63) is 41.6 Å². The third kappa shape index (κ3) is 5.00. The lowest BCUT2D eigenvalue weighted by molar-refractivity contribution is -0.360. The zero-order valence-electron chi connectivity index (χ0n) is 17.1. The second-order valence-electron chi connectivity index (χ2n) is 7.62. The minimum Gasteiger partial charge on any atom is -0.426 e. The number of benzene rings is 1. The molecule has 174 valence electrons. The number of allylic oxidation sites excluding steroid dienone is 1. The van der Waals surface area contributed by atoms with Crippen LogP contribution < -0.4 is 15.8 Å². The van der Waals surface area contributed by atoms with Crippen LogP contribution in [0.2, 0.25) is 0 Å². The fraction of sp³-hybridized carbons (Fsp3) is 0.450. The smallest absolute Gasteiger partial charge is 0.426 e. The molecule has 7 nitrogen and oxygen atoms in total. The monoisotopic (exact) mass is 460 g/mol. The molecular formula is C20H21F5N4O3. The first-order valence-corrected chi connectivity index (χ1v) is 9.69. The summed E-state index contributed by atoms with van der Waals surface area (Å²) in [6, 6.07) is 2.83. The van der Waals surface area contributed by atoms with Gasteiger partial charge in [0, 0.05) is 11.6 Å². The topological polar surface area (TPSA) is 97.0 Å². The van der Waals surface area contributed by atoms with E-state index in [2.05, 4.69) is 15.0 Å². The molecule has 1 aliphatic heterocycles. The highest BCUT2D eigenvalue weighted by Gasteiger charge is 2.61. The average molecular weight is 460 g/mol. The molecule has 2 unspecified atom stereocenters. The van der Waals surface area contributed by atoms with Crippen LogP contribution in [-0.2, 0) is 9.59 Å². The minimum atomic E-state index is -5.86. The van der Waals surface area contributed by atoms with Crippen LogP contribution in [-0.4, -0.2) is 41.0 Å². The lowest BCUT2D eigenvalue weighted by Gasteiger charge is -2.38. The number of halogens is 5. The summed E-state index contributed by atoms with van der Waals surface area (Å²) in [6.45, 7) is 3.28. The first-order valence-electron chi connectivity index (χ1n) is 9.69. The Bertz CT molecular complexity index is 955. The van der Waals surface area contributed by atoms with Crippen LogP contribution in [0.4, 0.5) is 22.0 Å². The minimum absolute atomic E-state index is 0.0992. The number of hydrogen-bond acceptors (Lipinski definition) is 5. The van der Waals surface area contributed by atoms with E-state index >= 15 is 0 Å². The highest BCUT2D eigenvalue weighted by Crippen LogP contribution is 2.38. The van der Waals surface area contributed by atoms with E-state index in [0.29, 0.717) is 11.3 Å². The van der Waals surface area contributed by atoms with Crippen molar-refractivity contribution in [3.63, 3.8) is 0 Å². The Labute approximate surface area is 180 Å². The third-order valence-electron chi connectivity index (χ3n) is 5.06. The molecule has 1 aromatic carbocycles. The number of aliphatic imine (C=N–C) groups is 1. The van der Waals surface area contributed by atoms with Crippen LogP contribution >= 0.6 is 0 Å². The zero-order chi connectivity index (χ0) is 23.8. The average Bonchev–Trinajstić information content (AvgIpc) is 3.52. The maximum atomic E-state index is 13.1. The number of hydrogen-bond donors (Lipinski definition) is 2. The van der Waals surface area contributed by atoms with E-state index < -0.39 is 36.0 Å². The molecule has 3 rings (SSSR count). The van der Waals surface area contributed by atoms with Gasteiger partial charge in [0.25, 0.3) is 0 Å². The number of amides is 2. The van der Waals surface area contributed by atoms with Crippen molar-refractivity contribution in [2.45, 2.75) is 51.1 Å². The Balaban J connectivity index is 1.85. The van der Waals surface area contributed by atoms with Crippen molar-refractivity contribution < 1.29 is 36.3 Å². The van der Waals surface area contributed by atoms with Gasteiger partial charge in [0.2, 0.25) is 17.8 Å². The quantitative estimate of drug-likeness (QED) is 0.637. The maximum Gasteiger partial charge on any atom is 0.499 e. The molecule has 2 atom stereocenters. The highest BCUT2D eigenvalue weighted by molar-refractivity contribution is 6.02. The van der Waals surface area contributed by atoms with Gasteiger partial charge in [-0.05, 0) is 50.5 Å². The van der Waals surface area contributed by atoms with E-state index in [-0.39, 0.29) is 17.8 Å². The first kappa shape index (κ1) is 23.5. The van der Waals surface area contributed by atoms with E-state index in [9.17, 15) is 31.5 Å². The summed E-state index contributed by atoms with van der Waals surface area (Å²) in [7, 11) is 0. The number of carbonyl (C=O) groups is 2. The molecule has 0 spiro atoms. The Morgan fingerprint density at radius 1 is 1.19 bits per heavy atom. The molecule has 2 aliphatic rings. The van der Waals surface area contributed by atoms with Gasteiger partial charge in [-0.25, -0.2) is 4.99 Å². The third-order valence-corrected chi connectivity index (χ3v) is 5.06. The predicted octanol–water partition coefficient (Wildman–Crippen LogP) is 3.24. The van der Waals surface area contributed by atoms with Gasteiger partial charge in [-0.3, -0.25) is 14.9 Å². The number of guanidine groups is 1. The molecule has 32 heavy (non-hydrogen) atoms. The Morgan fingerprint density at radius 2 is 1.78 bits per heavy atom. The number of alkyl halides is 5. The van der Waals surface area contributed by atoms with Crippen LogP contribution in [0.25, 0.3) is 0 Å². The van der Waals surface area contributed by atoms with Crippen LogP contribution in [0.3, 0.4) is 0 Å². The van der Waals surface area contributed by atoms with Crippen molar-refractivity contribution in [2.75, 3.05) is 0 Å². The van der Waals surface area contributed by atoms with Gasteiger partial charge in [-0.1, -0.05) is 12.1 Å². The van der Waals surface area contributed by atoms with Crippen LogP contribution in [0.5, 0.6) is 5.75 Å². The van der Waals surface area contributed by atoms with Crippen molar-refractivity contribution in [2.24, 2.45) is 16.6 Å². The largest absolute Gasteiger partial charge is 0.499 e. The normalized spacial score (nSPS) is 20.2. The van der Waals surface area contributed by atoms with Crippen molar-refractivity contribution in [3.8, 4) is 5.75 Å². The number of nitrogens with two attached hydrogens (primary N) is 1. The first-order chi connectivity index (χ1) is 14.8. The molecular weight excluding hydrogens is 439 g/mol. The van der Waals surface area contributed by atoms with Crippen molar-refractivity contribution >= 4 is 17.8 Å². The Hall–Kier alpha value is -3.18. The number of primary amides is 1. The van der Waals surface area contributed by atoms with Gasteiger partial charge in [0.15, 0.2) is 0 Å². The van der Waals surface area contributed by atoms with Crippen molar-refractivity contribution in [1.82, 2.24) is 10.2 Å². The molecule has 2 amide bonds. The molecule has 1 aromatic rings. The van der Waals surface area contributed by atoms with E-state index in [1.807, 2.05) is 0 Å². The molecule has 1 heterocycles. The van der Waals surface area contributed by atoms with Gasteiger partial charge in [0.1, 0.15) is 11.8 Å². The molecule has 0 saturated heterocycles. The lowest BCUT2D eigenvalue weighted by atomic mass is 10.0. The van der Waals surface area contributed by atoms with Crippen LogP contribution in [0.15, 0.2) is 41.0 Å². The molecule has 0 aromatic heterocycles. The molecule has 12 heteroatoms. The number of rotatable bonds is 6. The number of nitrogens with one attached hydrogen (secondary N) is 1. The predicted molar refractivity (Wildman–Crippen MR) is 103 cm³/mol. The molecule has 3 N–H and O–H groups in total. The lowest BCUT2D eigenvalue weighted by Crippen LogP contribution is -2.55. The van der Waals surface area contributed by atoms with Gasteiger partial charge in [0.05, 0.1) is 6.04 Å². The van der Waals surface area contributed by atoms with Crippen LogP contribution in [0.1, 0.15) is 38.3 Å². The number of nitrogens with zero attached hydrogens (tertiary/aromatic N) is 2. The molecule has 1 aliphatic carbocycles. The second kappa shape index (κ2) is 8.40. The molecule has 0 radical (unpaired) electrons. The summed E-state index contributed by atoms with van der Waals surface area (Å²) in [5, 5.41) is 2.70. The Morgan fingerprint density at radius 3 is 2.28 bits per heavy atom. The standard InChI is InChI=1S/C20H21F5N4O3/c1-10-9-15(16(26)30)29(18(27-10)28-17(31)13-3-4-13)11(2)12-5-7-14(8-6-12)32-20(24,25)19(21,22)23/h5-9,11,13,15H,3-4H2,1-2H3,(H2,26,30)(H,27,28,31). The highest BCUT2D eigenvalue weighted by atomic mass is 19.4. The van der Waals surface area contributed by atoms with Gasteiger partial charge >= 0.3 is 12.3 Å². The maximum absolute atomic E-state index is 13.1. The van der Waals surface area contributed by atoms with Gasteiger partial charge < -0.3 is 15.4 Å². The zero-order valence-corrected chi connectivity index (χ0v) is 17.1. The second-order valence-corrected chi connectivity index (χ2v) is 7.62. The fourth-order valence-electron chi connectivity index (χ4n) is 3.18. The van der Waals surface area contributed by atoms with E-state index in [1.165, 1.54) is 23.1 Å². The van der Waals surface area contributed by atoms with E-state index in [4.69, 9.17) is 5.73 Å². The van der Waals surface area contributed by atoms with Gasteiger partial charge in [-0.15, -0.1) is 0 Å². The summed E-state index contributed by atoms with van der Waals surface area (Å²) < 4.78 is 67.1. The fourth-order valence-corrected chi connectivity index (χ4v) is 3.18. The van der Waals surface area contributed by atoms with E-state index in [0.717, 1.165) is 25.0 Å². The number of carbonyl (C=O) groups excluding carboxylic acids is 2. The summed E-state index contributed by atoms with van der Waals surface area (Å²) in [5.41, 5.74) is 6.42.